The van der Waals surface area contributed by atoms with E-state index in [2.05, 4.69) is 15.5 Å². The second kappa shape index (κ2) is 9.32. The summed E-state index contributed by atoms with van der Waals surface area (Å²) >= 11 is 1.49. The fourth-order valence-corrected chi connectivity index (χ4v) is 3.49. The van der Waals surface area contributed by atoms with E-state index in [4.69, 9.17) is 0 Å². The van der Waals surface area contributed by atoms with Crippen LogP contribution in [-0.2, 0) is 18.3 Å². The molecule has 1 amide bonds. The van der Waals surface area contributed by atoms with Gasteiger partial charge in [-0.15, -0.1) is 10.2 Å². The summed E-state index contributed by atoms with van der Waals surface area (Å²) in [5.74, 6) is 1.11. The molecule has 0 aliphatic heterocycles. The van der Waals surface area contributed by atoms with Crippen molar-refractivity contribution in [2.24, 2.45) is 7.05 Å². The van der Waals surface area contributed by atoms with Crippen LogP contribution < -0.4 is 5.32 Å². The second-order valence-corrected chi connectivity index (χ2v) is 7.08. The SMILES string of the molecule is Cn1c(SCCC(=O)NCCc2ccccc2F)nnc1-c1ccccc1. The Morgan fingerprint density at radius 2 is 1.85 bits per heavy atom. The van der Waals surface area contributed by atoms with Crippen molar-refractivity contribution in [2.45, 2.75) is 18.0 Å². The Balaban J connectivity index is 1.43. The molecule has 27 heavy (non-hydrogen) atoms. The molecule has 0 saturated heterocycles. The Bertz CT molecular complexity index is 898. The van der Waals surface area contributed by atoms with Gasteiger partial charge in [-0.1, -0.05) is 60.3 Å². The molecule has 5 nitrogen and oxygen atoms in total. The lowest BCUT2D eigenvalue weighted by atomic mass is 10.1. The van der Waals surface area contributed by atoms with Gasteiger partial charge >= 0.3 is 0 Å². The Morgan fingerprint density at radius 3 is 2.63 bits per heavy atom. The van der Waals surface area contributed by atoms with E-state index in [1.54, 1.807) is 18.2 Å². The largest absolute Gasteiger partial charge is 0.356 e. The molecule has 0 saturated carbocycles. The monoisotopic (exact) mass is 384 g/mol. The van der Waals surface area contributed by atoms with Crippen LogP contribution in [0.1, 0.15) is 12.0 Å². The molecule has 0 unspecified atom stereocenters. The molecule has 0 aliphatic rings. The van der Waals surface area contributed by atoms with Gasteiger partial charge in [-0.25, -0.2) is 4.39 Å². The number of nitrogens with one attached hydrogen (secondary N) is 1. The van der Waals surface area contributed by atoms with Crippen LogP contribution in [-0.4, -0.2) is 33.0 Å². The predicted molar refractivity (Wildman–Crippen MR) is 105 cm³/mol. The first-order valence-electron chi connectivity index (χ1n) is 8.73. The topological polar surface area (TPSA) is 59.8 Å². The molecule has 1 N–H and O–H groups in total. The number of carbonyl (C=O) groups is 1. The van der Waals surface area contributed by atoms with Gasteiger partial charge in [-0.2, -0.15) is 0 Å². The van der Waals surface area contributed by atoms with Crippen LogP contribution in [0.25, 0.3) is 11.4 Å². The molecule has 140 valence electrons. The molecule has 0 spiro atoms. The Morgan fingerprint density at radius 1 is 1.11 bits per heavy atom. The highest BCUT2D eigenvalue weighted by Crippen LogP contribution is 2.22. The molecule has 7 heteroatoms. The van der Waals surface area contributed by atoms with Gasteiger partial charge in [0.1, 0.15) is 5.82 Å². The highest BCUT2D eigenvalue weighted by atomic mass is 32.2. The van der Waals surface area contributed by atoms with Gasteiger partial charge in [-0.05, 0) is 18.1 Å². The van der Waals surface area contributed by atoms with Gasteiger partial charge in [0.05, 0.1) is 0 Å². The molecule has 2 aromatic carbocycles. The van der Waals surface area contributed by atoms with Crippen LogP contribution in [0.3, 0.4) is 0 Å². The maximum atomic E-state index is 13.5. The summed E-state index contributed by atoms with van der Waals surface area (Å²) in [5.41, 5.74) is 1.62. The van der Waals surface area contributed by atoms with Gasteiger partial charge in [0.15, 0.2) is 11.0 Å². The third-order valence-corrected chi connectivity index (χ3v) is 5.12. The summed E-state index contributed by atoms with van der Waals surface area (Å²) in [6.07, 6.45) is 0.852. The third-order valence-electron chi connectivity index (χ3n) is 4.10. The van der Waals surface area contributed by atoms with Crippen LogP contribution in [0, 0.1) is 5.82 Å². The molecule has 0 atom stereocenters. The Hall–Kier alpha value is -2.67. The first-order chi connectivity index (χ1) is 13.1. The maximum Gasteiger partial charge on any atom is 0.220 e. The minimum Gasteiger partial charge on any atom is -0.356 e. The van der Waals surface area contributed by atoms with Crippen molar-refractivity contribution in [2.75, 3.05) is 12.3 Å². The molecular weight excluding hydrogens is 363 g/mol. The smallest absolute Gasteiger partial charge is 0.220 e. The van der Waals surface area contributed by atoms with Crippen LogP contribution in [0.15, 0.2) is 59.8 Å². The van der Waals surface area contributed by atoms with E-state index >= 15 is 0 Å². The number of amides is 1. The zero-order chi connectivity index (χ0) is 19.1. The fraction of sp³-hybridized carbons (Fsp3) is 0.250. The quantitative estimate of drug-likeness (QED) is 0.604. The van der Waals surface area contributed by atoms with Crippen LogP contribution >= 0.6 is 11.8 Å². The highest BCUT2D eigenvalue weighted by molar-refractivity contribution is 7.99. The molecule has 3 aromatic rings. The lowest BCUT2D eigenvalue weighted by Crippen LogP contribution is -2.26. The number of nitrogens with zero attached hydrogens (tertiary/aromatic N) is 3. The summed E-state index contributed by atoms with van der Waals surface area (Å²) in [4.78, 5) is 12.0. The number of carbonyl (C=O) groups excluding carboxylic acids is 1. The fourth-order valence-electron chi connectivity index (χ4n) is 2.64. The average molecular weight is 384 g/mol. The van der Waals surface area contributed by atoms with E-state index in [0.29, 0.717) is 30.7 Å². The second-order valence-electron chi connectivity index (χ2n) is 6.02. The van der Waals surface area contributed by atoms with E-state index in [1.807, 2.05) is 41.9 Å². The summed E-state index contributed by atoms with van der Waals surface area (Å²) < 4.78 is 15.5. The zero-order valence-electron chi connectivity index (χ0n) is 15.1. The normalized spacial score (nSPS) is 10.7. The minimum absolute atomic E-state index is 0.0516. The van der Waals surface area contributed by atoms with E-state index in [-0.39, 0.29) is 11.7 Å². The van der Waals surface area contributed by atoms with Crippen LogP contribution in [0.4, 0.5) is 4.39 Å². The van der Waals surface area contributed by atoms with Gasteiger partial charge < -0.3 is 9.88 Å². The summed E-state index contributed by atoms with van der Waals surface area (Å²) in [5, 5.41) is 12.0. The van der Waals surface area contributed by atoms with Crippen molar-refractivity contribution in [3.8, 4) is 11.4 Å². The van der Waals surface area contributed by atoms with Gasteiger partial charge in [0.2, 0.25) is 5.91 Å². The predicted octanol–water partition coefficient (Wildman–Crippen LogP) is 3.46. The van der Waals surface area contributed by atoms with Gasteiger partial charge in [0.25, 0.3) is 0 Å². The molecule has 1 aromatic heterocycles. The number of hydrogen-bond acceptors (Lipinski definition) is 4. The van der Waals surface area contributed by atoms with Crippen molar-refractivity contribution in [3.05, 3.63) is 66.0 Å². The van der Waals surface area contributed by atoms with Crippen molar-refractivity contribution in [1.29, 1.82) is 0 Å². The van der Waals surface area contributed by atoms with Crippen molar-refractivity contribution in [1.82, 2.24) is 20.1 Å². The number of halogens is 1. The number of benzene rings is 2. The lowest BCUT2D eigenvalue weighted by Gasteiger charge is -2.06. The number of thioether (sulfide) groups is 1. The third kappa shape index (κ3) is 5.17. The molecule has 0 aliphatic carbocycles. The molecule has 3 rings (SSSR count). The van der Waals surface area contributed by atoms with E-state index in [1.165, 1.54) is 17.8 Å². The van der Waals surface area contributed by atoms with Crippen LogP contribution in [0.5, 0.6) is 0 Å². The molecule has 0 bridgehead atoms. The average Bonchev–Trinajstić information content (AvgIpc) is 3.05. The molecule has 1 heterocycles. The molecular formula is C20H21FN4OS. The number of hydrogen-bond donors (Lipinski definition) is 1. The molecule has 0 radical (unpaired) electrons. The maximum absolute atomic E-state index is 13.5. The highest BCUT2D eigenvalue weighted by Gasteiger charge is 2.11. The van der Waals surface area contributed by atoms with E-state index < -0.39 is 0 Å². The minimum atomic E-state index is -0.237. The van der Waals surface area contributed by atoms with Crippen molar-refractivity contribution in [3.63, 3.8) is 0 Å². The number of aromatic nitrogens is 3. The first kappa shape index (κ1) is 19.1. The number of rotatable bonds is 8. The van der Waals surface area contributed by atoms with E-state index in [9.17, 15) is 9.18 Å². The zero-order valence-corrected chi connectivity index (χ0v) is 15.9. The lowest BCUT2D eigenvalue weighted by molar-refractivity contribution is -0.120. The van der Waals surface area contributed by atoms with E-state index in [0.717, 1.165) is 16.5 Å². The Labute approximate surface area is 162 Å². The summed E-state index contributed by atoms with van der Waals surface area (Å²) in [6.45, 7) is 0.423. The summed E-state index contributed by atoms with van der Waals surface area (Å²) in [7, 11) is 1.92. The Kier molecular flexibility index (Phi) is 6.59. The summed E-state index contributed by atoms with van der Waals surface area (Å²) in [6, 6.07) is 16.5. The molecule has 0 fully saturated rings. The standard InChI is InChI=1S/C20H21FN4OS/c1-25-19(16-8-3-2-4-9-16)23-24-20(25)27-14-12-18(26)22-13-11-15-7-5-6-10-17(15)21/h2-10H,11-14H2,1H3,(H,22,26). The first-order valence-corrected chi connectivity index (χ1v) is 9.71. The van der Waals surface area contributed by atoms with Crippen molar-refractivity contribution < 1.29 is 9.18 Å². The van der Waals surface area contributed by atoms with Gasteiger partial charge in [0, 0.05) is 31.3 Å². The van der Waals surface area contributed by atoms with Gasteiger partial charge in [-0.3, -0.25) is 4.79 Å². The van der Waals surface area contributed by atoms with Crippen molar-refractivity contribution >= 4 is 17.7 Å². The van der Waals surface area contributed by atoms with Crippen LogP contribution in [0.2, 0.25) is 0 Å².